The molecule has 0 aliphatic heterocycles. The molecule has 4 rings (SSSR count). The molecule has 0 heterocycles. The topological polar surface area (TPSA) is 41.8 Å². The van der Waals surface area contributed by atoms with Gasteiger partial charge in [0.1, 0.15) is 5.71 Å². The number of nitrogens with zero attached hydrogens (tertiary/aromatic N) is 2. The van der Waals surface area contributed by atoms with Crippen molar-refractivity contribution in [3.63, 3.8) is 0 Å². The van der Waals surface area contributed by atoms with E-state index in [4.69, 9.17) is 0 Å². The lowest BCUT2D eigenvalue weighted by Crippen LogP contribution is -2.15. The number of benzene rings is 3. The fraction of sp³-hybridized carbons (Fsp3) is 0.250. The normalized spacial score (nSPS) is 15.6. The molecule has 0 saturated heterocycles. The minimum Gasteiger partial charge on any atom is -0.287 e. The first-order valence-corrected chi connectivity index (χ1v) is 11.1. The number of rotatable bonds is 6. The van der Waals surface area contributed by atoms with Crippen LogP contribution in [0, 0.1) is 0 Å². The van der Waals surface area contributed by atoms with Crippen LogP contribution < -0.4 is 0 Å². The molecule has 0 atom stereocenters. The van der Waals surface area contributed by atoms with Crippen molar-refractivity contribution in [1.82, 2.24) is 0 Å². The fourth-order valence-corrected chi connectivity index (χ4v) is 4.17. The van der Waals surface area contributed by atoms with Crippen LogP contribution in [0.2, 0.25) is 0 Å². The Morgan fingerprint density at radius 1 is 0.677 bits per heavy atom. The van der Waals surface area contributed by atoms with E-state index < -0.39 is 0 Å². The van der Waals surface area contributed by atoms with E-state index in [1.807, 2.05) is 55.5 Å². The summed E-state index contributed by atoms with van der Waals surface area (Å²) in [6.45, 7) is 1.94. The van der Waals surface area contributed by atoms with Gasteiger partial charge in [0, 0.05) is 11.1 Å². The van der Waals surface area contributed by atoms with Gasteiger partial charge < -0.3 is 0 Å². The lowest BCUT2D eigenvalue weighted by molar-refractivity contribution is 0.106. The van der Waals surface area contributed by atoms with E-state index in [1.54, 1.807) is 12.1 Å². The van der Waals surface area contributed by atoms with Crippen molar-refractivity contribution in [1.29, 1.82) is 0 Å². The SMILES string of the molecule is CC(=NN=C(C(=O)c1ccccc1)c1ccccc1)c1ccc(C2CCCCC2)cc1. The standard InChI is InChI=1S/C28H28N2O/c1-21(22-17-19-24(20-18-22)23-11-5-2-6-12-23)29-30-27(25-13-7-3-8-14-25)28(31)26-15-9-4-10-16-26/h3-4,7-10,13-20,23H,2,5-6,11-12H2,1H3. The Balaban J connectivity index is 1.60. The number of hydrogen-bond acceptors (Lipinski definition) is 3. The maximum atomic E-state index is 13.1. The molecule has 0 bridgehead atoms. The summed E-state index contributed by atoms with van der Waals surface area (Å²) in [5.41, 5.74) is 4.97. The zero-order valence-electron chi connectivity index (χ0n) is 18.0. The molecule has 0 aromatic heterocycles. The van der Waals surface area contributed by atoms with Gasteiger partial charge in [-0.1, -0.05) is 104 Å². The highest BCUT2D eigenvalue weighted by Crippen LogP contribution is 2.32. The van der Waals surface area contributed by atoms with Crippen LogP contribution in [-0.4, -0.2) is 17.2 Å². The summed E-state index contributed by atoms with van der Waals surface area (Å²) in [5, 5.41) is 8.86. The van der Waals surface area contributed by atoms with Crippen molar-refractivity contribution in [2.24, 2.45) is 10.2 Å². The highest BCUT2D eigenvalue weighted by atomic mass is 16.1. The Kier molecular flexibility index (Phi) is 6.83. The van der Waals surface area contributed by atoms with Gasteiger partial charge in [-0.05, 0) is 36.8 Å². The quantitative estimate of drug-likeness (QED) is 0.250. The molecule has 31 heavy (non-hydrogen) atoms. The summed E-state index contributed by atoms with van der Waals surface area (Å²) in [7, 11) is 0. The second-order valence-electron chi connectivity index (χ2n) is 8.15. The van der Waals surface area contributed by atoms with Crippen LogP contribution in [0.15, 0.2) is 95.1 Å². The van der Waals surface area contributed by atoms with E-state index in [-0.39, 0.29) is 5.78 Å². The van der Waals surface area contributed by atoms with E-state index in [0.717, 1.165) is 16.8 Å². The van der Waals surface area contributed by atoms with E-state index in [1.165, 1.54) is 37.7 Å². The van der Waals surface area contributed by atoms with Crippen molar-refractivity contribution in [3.8, 4) is 0 Å². The molecule has 1 aliphatic rings. The van der Waals surface area contributed by atoms with Gasteiger partial charge in [0.05, 0.1) is 5.71 Å². The smallest absolute Gasteiger partial charge is 0.213 e. The zero-order chi connectivity index (χ0) is 21.5. The highest BCUT2D eigenvalue weighted by Gasteiger charge is 2.17. The molecule has 3 aromatic rings. The largest absolute Gasteiger partial charge is 0.287 e. The number of Topliss-reactive ketones (excluding diaryl/α,β-unsaturated/α-hetero) is 1. The summed E-state index contributed by atoms with van der Waals surface area (Å²) in [5.74, 6) is 0.558. The van der Waals surface area contributed by atoms with Crippen LogP contribution in [0.5, 0.6) is 0 Å². The molecule has 1 aliphatic carbocycles. The fourth-order valence-electron chi connectivity index (χ4n) is 4.17. The molecule has 0 spiro atoms. The summed E-state index contributed by atoms with van der Waals surface area (Å²) in [4.78, 5) is 13.1. The van der Waals surface area contributed by atoms with Crippen molar-refractivity contribution < 1.29 is 4.79 Å². The third-order valence-electron chi connectivity index (χ3n) is 6.00. The second-order valence-corrected chi connectivity index (χ2v) is 8.15. The average molecular weight is 409 g/mol. The zero-order valence-corrected chi connectivity index (χ0v) is 18.0. The van der Waals surface area contributed by atoms with Gasteiger partial charge in [-0.2, -0.15) is 5.10 Å². The molecular formula is C28H28N2O. The molecule has 156 valence electrons. The van der Waals surface area contributed by atoms with Crippen molar-refractivity contribution in [2.45, 2.75) is 44.9 Å². The van der Waals surface area contributed by atoms with Gasteiger partial charge in [-0.15, -0.1) is 5.10 Å². The van der Waals surface area contributed by atoms with Crippen LogP contribution in [-0.2, 0) is 0 Å². The molecule has 0 amide bonds. The molecular weight excluding hydrogens is 380 g/mol. The molecule has 0 unspecified atom stereocenters. The first-order valence-electron chi connectivity index (χ1n) is 11.1. The Labute approximate surface area is 184 Å². The predicted octanol–water partition coefficient (Wildman–Crippen LogP) is 6.83. The Hall–Kier alpha value is -3.33. The first-order chi connectivity index (χ1) is 15.2. The molecule has 1 saturated carbocycles. The maximum Gasteiger partial charge on any atom is 0.213 e. The van der Waals surface area contributed by atoms with Gasteiger partial charge in [0.2, 0.25) is 5.78 Å². The second kappa shape index (κ2) is 10.1. The van der Waals surface area contributed by atoms with Gasteiger partial charge in [-0.3, -0.25) is 4.79 Å². The number of carbonyl (C=O) groups is 1. The van der Waals surface area contributed by atoms with Gasteiger partial charge in [0.15, 0.2) is 0 Å². The summed E-state index contributed by atoms with van der Waals surface area (Å²) in [6.07, 6.45) is 6.61. The predicted molar refractivity (Wildman–Crippen MR) is 128 cm³/mol. The van der Waals surface area contributed by atoms with Crippen LogP contribution >= 0.6 is 0 Å². The van der Waals surface area contributed by atoms with E-state index in [0.29, 0.717) is 17.2 Å². The van der Waals surface area contributed by atoms with Crippen molar-refractivity contribution >= 4 is 17.2 Å². The molecule has 0 N–H and O–H groups in total. The number of ketones is 1. The molecule has 3 nitrogen and oxygen atoms in total. The molecule has 3 aromatic carbocycles. The highest BCUT2D eigenvalue weighted by molar-refractivity contribution is 6.51. The van der Waals surface area contributed by atoms with Gasteiger partial charge >= 0.3 is 0 Å². The van der Waals surface area contributed by atoms with Gasteiger partial charge in [0.25, 0.3) is 0 Å². The Morgan fingerprint density at radius 3 is 1.87 bits per heavy atom. The third kappa shape index (κ3) is 5.24. The van der Waals surface area contributed by atoms with E-state index in [9.17, 15) is 4.79 Å². The van der Waals surface area contributed by atoms with E-state index in [2.05, 4.69) is 34.5 Å². The monoisotopic (exact) mass is 408 g/mol. The molecule has 1 fully saturated rings. The van der Waals surface area contributed by atoms with Crippen molar-refractivity contribution in [3.05, 3.63) is 107 Å². The van der Waals surface area contributed by atoms with Crippen LogP contribution in [0.4, 0.5) is 0 Å². The minimum absolute atomic E-state index is 0.129. The Morgan fingerprint density at radius 2 is 1.26 bits per heavy atom. The van der Waals surface area contributed by atoms with Crippen molar-refractivity contribution in [2.75, 3.05) is 0 Å². The Bertz CT molecular complexity index is 1060. The van der Waals surface area contributed by atoms with E-state index >= 15 is 0 Å². The third-order valence-corrected chi connectivity index (χ3v) is 6.00. The average Bonchev–Trinajstić information content (AvgIpc) is 2.86. The van der Waals surface area contributed by atoms with Gasteiger partial charge in [-0.25, -0.2) is 0 Å². The lowest BCUT2D eigenvalue weighted by Gasteiger charge is -2.22. The minimum atomic E-state index is -0.129. The lowest BCUT2D eigenvalue weighted by atomic mass is 9.84. The number of carbonyl (C=O) groups excluding carboxylic acids is 1. The van der Waals surface area contributed by atoms with Crippen LogP contribution in [0.25, 0.3) is 0 Å². The summed E-state index contributed by atoms with van der Waals surface area (Å²) >= 11 is 0. The van der Waals surface area contributed by atoms with Crippen LogP contribution in [0.3, 0.4) is 0 Å². The summed E-state index contributed by atoms with van der Waals surface area (Å²) < 4.78 is 0. The summed E-state index contributed by atoms with van der Waals surface area (Å²) in [6, 6.07) is 27.5. The first kappa shape index (κ1) is 20.9. The molecule has 3 heteroatoms. The number of hydrogen-bond donors (Lipinski definition) is 0. The molecule has 0 radical (unpaired) electrons. The van der Waals surface area contributed by atoms with Crippen LogP contribution in [0.1, 0.15) is 72.0 Å². The maximum absolute atomic E-state index is 13.1.